The SMILES string of the molecule is Cc1ccccc1C(=O)Nc1ccc(C=CCOOc2cccc3c2C2(CCc4cccc(C/C=C/c5ccc(NC(=O)c6ccccc6C)cc5)c42)CC3)cc1. The van der Waals surface area contributed by atoms with Crippen LogP contribution in [0.5, 0.6) is 5.75 Å². The van der Waals surface area contributed by atoms with E-state index in [0.29, 0.717) is 11.1 Å². The highest BCUT2D eigenvalue weighted by Gasteiger charge is 2.47. The molecule has 0 fully saturated rings. The minimum atomic E-state index is -0.119. The maximum Gasteiger partial charge on any atom is 0.255 e. The Kier molecular flexibility index (Phi) is 11.0. The monoisotopic (exact) mass is 750 g/mol. The molecule has 0 aromatic heterocycles. The van der Waals surface area contributed by atoms with Crippen LogP contribution in [0, 0.1) is 13.8 Å². The summed E-state index contributed by atoms with van der Waals surface area (Å²) in [6, 6.07) is 44.0. The highest BCUT2D eigenvalue weighted by atomic mass is 17.2. The van der Waals surface area contributed by atoms with E-state index in [1.807, 2.05) is 129 Å². The van der Waals surface area contributed by atoms with Crippen molar-refractivity contribution in [2.75, 3.05) is 17.2 Å². The Balaban J connectivity index is 0.902. The van der Waals surface area contributed by atoms with Gasteiger partial charge in [-0.3, -0.25) is 9.59 Å². The summed E-state index contributed by atoms with van der Waals surface area (Å²) in [4.78, 5) is 37.4. The molecule has 284 valence electrons. The molecule has 0 radical (unpaired) electrons. The predicted molar refractivity (Wildman–Crippen MR) is 230 cm³/mol. The zero-order chi connectivity index (χ0) is 39.2. The third-order valence-electron chi connectivity index (χ3n) is 11.3. The molecule has 2 amide bonds. The molecule has 0 heterocycles. The molecule has 57 heavy (non-hydrogen) atoms. The van der Waals surface area contributed by atoms with Crippen LogP contribution in [-0.2, 0) is 29.6 Å². The summed E-state index contributed by atoms with van der Waals surface area (Å²) in [7, 11) is 0. The van der Waals surface area contributed by atoms with Crippen molar-refractivity contribution in [2.45, 2.75) is 51.4 Å². The van der Waals surface area contributed by atoms with Gasteiger partial charge in [-0.1, -0.05) is 115 Å². The Morgan fingerprint density at radius 1 is 0.596 bits per heavy atom. The Morgan fingerprint density at radius 2 is 1.12 bits per heavy atom. The number of carbonyl (C=O) groups excluding carboxylic acids is 2. The average molecular weight is 751 g/mol. The Labute approximate surface area is 334 Å². The largest absolute Gasteiger partial charge is 0.337 e. The van der Waals surface area contributed by atoms with E-state index in [1.165, 1.54) is 27.8 Å². The quantitative estimate of drug-likeness (QED) is 0.0742. The second kappa shape index (κ2) is 16.7. The summed E-state index contributed by atoms with van der Waals surface area (Å²) in [5.74, 6) is 0.571. The molecular weight excluding hydrogens is 705 g/mol. The zero-order valence-electron chi connectivity index (χ0n) is 32.4. The van der Waals surface area contributed by atoms with Gasteiger partial charge in [0.2, 0.25) is 0 Å². The summed E-state index contributed by atoms with van der Waals surface area (Å²) in [6.45, 7) is 4.17. The normalized spacial score (nSPS) is 15.5. The number of benzene rings is 6. The Bertz CT molecular complexity index is 2480. The van der Waals surface area contributed by atoms with Gasteiger partial charge in [0.15, 0.2) is 5.75 Å². The van der Waals surface area contributed by atoms with Crippen molar-refractivity contribution >= 4 is 35.3 Å². The van der Waals surface area contributed by atoms with Crippen molar-refractivity contribution in [3.63, 3.8) is 0 Å². The van der Waals surface area contributed by atoms with Gasteiger partial charge >= 0.3 is 0 Å². The molecular formula is C51H46N2O4. The molecule has 6 heteroatoms. The van der Waals surface area contributed by atoms with Crippen LogP contribution in [-0.4, -0.2) is 18.4 Å². The number of nitrogens with one attached hydrogen (secondary N) is 2. The van der Waals surface area contributed by atoms with E-state index < -0.39 is 0 Å². The predicted octanol–water partition coefficient (Wildman–Crippen LogP) is 11.3. The molecule has 0 saturated heterocycles. The number of anilines is 2. The molecule has 6 aromatic carbocycles. The topological polar surface area (TPSA) is 76.7 Å². The molecule has 0 saturated carbocycles. The van der Waals surface area contributed by atoms with Crippen molar-refractivity contribution < 1.29 is 19.4 Å². The number of hydrogen-bond donors (Lipinski definition) is 2. The van der Waals surface area contributed by atoms with E-state index in [0.717, 1.165) is 71.5 Å². The molecule has 1 atom stereocenters. The number of carbonyl (C=O) groups is 2. The zero-order valence-corrected chi connectivity index (χ0v) is 32.4. The fourth-order valence-electron chi connectivity index (χ4n) is 8.54. The van der Waals surface area contributed by atoms with Crippen molar-refractivity contribution in [2.24, 2.45) is 0 Å². The van der Waals surface area contributed by atoms with Gasteiger partial charge in [0, 0.05) is 33.5 Å². The van der Waals surface area contributed by atoms with Crippen molar-refractivity contribution in [1.82, 2.24) is 0 Å². The highest BCUT2D eigenvalue weighted by molar-refractivity contribution is 6.06. The summed E-state index contributed by atoms with van der Waals surface area (Å²) < 4.78 is 0. The first-order chi connectivity index (χ1) is 27.9. The van der Waals surface area contributed by atoms with E-state index in [2.05, 4.69) is 53.1 Å². The van der Waals surface area contributed by atoms with Gasteiger partial charge in [-0.05, 0) is 133 Å². The van der Waals surface area contributed by atoms with Gasteiger partial charge in [0.25, 0.3) is 11.8 Å². The maximum absolute atomic E-state index is 12.8. The minimum absolute atomic E-state index is 0.102. The van der Waals surface area contributed by atoms with E-state index in [4.69, 9.17) is 9.78 Å². The standard InChI is InChI=1S/C51H46N2O4/c1-35-11-3-5-19-44(35)49(54)52-42-26-22-37(23-27-42)13-7-15-39-16-8-17-40-30-32-51(47(39)40)33-31-41-18-9-21-46(48(41)51)57-56-34-10-14-38-24-28-43(29-25-38)53-50(55)45-20-6-4-12-36(45)2/h3-14,16-29H,15,30-34H2,1-2H3,(H,52,54)(H,53,55)/b13-7+,14-10?. The van der Waals surface area contributed by atoms with Gasteiger partial charge in [0.1, 0.15) is 6.61 Å². The highest BCUT2D eigenvalue weighted by Crippen LogP contribution is 2.56. The van der Waals surface area contributed by atoms with Crippen molar-refractivity contribution in [3.8, 4) is 5.75 Å². The van der Waals surface area contributed by atoms with Crippen LogP contribution in [0.25, 0.3) is 12.2 Å². The molecule has 0 aliphatic heterocycles. The number of allylic oxidation sites excluding steroid dienone is 1. The molecule has 2 aliphatic carbocycles. The fraction of sp³-hybridized carbons (Fsp3) is 0.176. The van der Waals surface area contributed by atoms with Crippen LogP contribution in [0.1, 0.15) is 83.6 Å². The van der Waals surface area contributed by atoms with Gasteiger partial charge in [-0.2, -0.15) is 4.89 Å². The summed E-state index contributed by atoms with van der Waals surface area (Å²) in [5, 5.41) is 6.00. The van der Waals surface area contributed by atoms with Crippen LogP contribution < -0.4 is 15.5 Å². The Hall–Kier alpha value is -6.50. The van der Waals surface area contributed by atoms with Crippen LogP contribution in [0.2, 0.25) is 0 Å². The van der Waals surface area contributed by atoms with Gasteiger partial charge in [-0.25, -0.2) is 0 Å². The first-order valence-electron chi connectivity index (χ1n) is 19.7. The molecule has 0 bridgehead atoms. The van der Waals surface area contributed by atoms with Crippen LogP contribution in [0.3, 0.4) is 0 Å². The first-order valence-corrected chi connectivity index (χ1v) is 19.7. The summed E-state index contributed by atoms with van der Waals surface area (Å²) >= 11 is 0. The molecule has 6 aromatic rings. The molecule has 1 spiro atoms. The lowest BCUT2D eigenvalue weighted by Gasteiger charge is -2.30. The number of rotatable bonds is 12. The minimum Gasteiger partial charge on any atom is -0.337 e. The summed E-state index contributed by atoms with van der Waals surface area (Å²) in [5.41, 5.74) is 13.5. The molecule has 2 N–H and O–H groups in total. The van der Waals surface area contributed by atoms with Gasteiger partial charge in [0.05, 0.1) is 0 Å². The smallest absolute Gasteiger partial charge is 0.255 e. The molecule has 6 nitrogen and oxygen atoms in total. The lowest BCUT2D eigenvalue weighted by atomic mass is 9.74. The van der Waals surface area contributed by atoms with Crippen LogP contribution in [0.4, 0.5) is 11.4 Å². The lowest BCUT2D eigenvalue weighted by molar-refractivity contribution is -0.196. The van der Waals surface area contributed by atoms with Crippen LogP contribution in [0.15, 0.2) is 146 Å². The van der Waals surface area contributed by atoms with E-state index in [1.54, 1.807) is 0 Å². The first kappa shape index (κ1) is 37.4. The van der Waals surface area contributed by atoms with E-state index in [-0.39, 0.29) is 23.8 Å². The van der Waals surface area contributed by atoms with E-state index >= 15 is 0 Å². The van der Waals surface area contributed by atoms with Crippen molar-refractivity contribution in [1.29, 1.82) is 0 Å². The second-order valence-corrected chi connectivity index (χ2v) is 15.0. The van der Waals surface area contributed by atoms with Gasteiger partial charge in [-0.15, -0.1) is 0 Å². The molecule has 2 aliphatic rings. The lowest BCUT2D eigenvalue weighted by Crippen LogP contribution is -2.24. The average Bonchev–Trinajstić information content (AvgIpc) is 3.81. The van der Waals surface area contributed by atoms with E-state index in [9.17, 15) is 9.59 Å². The molecule has 1 unspecified atom stereocenters. The number of amides is 2. The third-order valence-corrected chi connectivity index (χ3v) is 11.3. The number of hydrogen-bond acceptors (Lipinski definition) is 4. The fourth-order valence-corrected chi connectivity index (χ4v) is 8.54. The third kappa shape index (κ3) is 8.09. The number of fused-ring (bicyclic) bond motifs is 4. The van der Waals surface area contributed by atoms with Crippen LogP contribution >= 0.6 is 0 Å². The Morgan fingerprint density at radius 3 is 1.70 bits per heavy atom. The van der Waals surface area contributed by atoms with Gasteiger partial charge < -0.3 is 15.5 Å². The number of aryl methyl sites for hydroxylation is 4. The summed E-state index contributed by atoms with van der Waals surface area (Å²) in [6.07, 6.45) is 13.3. The van der Waals surface area contributed by atoms with Crippen molar-refractivity contribution in [3.05, 3.63) is 207 Å². The second-order valence-electron chi connectivity index (χ2n) is 15.0. The maximum atomic E-state index is 12.8. The molecule has 8 rings (SSSR count).